The van der Waals surface area contributed by atoms with Crippen LogP contribution >= 0.6 is 0 Å². The summed E-state index contributed by atoms with van der Waals surface area (Å²) in [7, 11) is 0. The van der Waals surface area contributed by atoms with Crippen molar-refractivity contribution in [2.75, 3.05) is 18.4 Å². The minimum Gasteiger partial charge on any atom is -0.369 e. The van der Waals surface area contributed by atoms with E-state index in [1.807, 2.05) is 43.9 Å². The highest BCUT2D eigenvalue weighted by atomic mass is 16.2. The molecule has 0 atom stereocenters. The SMILES string of the molecule is C=CN(CC)CC(=O)Nc1c(C)cccc1C. The van der Waals surface area contributed by atoms with Crippen LogP contribution in [-0.4, -0.2) is 23.9 Å². The number of nitrogens with one attached hydrogen (secondary N) is 1. The summed E-state index contributed by atoms with van der Waals surface area (Å²) in [5.41, 5.74) is 3.08. The number of para-hydroxylation sites is 1. The van der Waals surface area contributed by atoms with Gasteiger partial charge in [0.1, 0.15) is 0 Å². The van der Waals surface area contributed by atoms with E-state index >= 15 is 0 Å². The molecule has 1 N–H and O–H groups in total. The molecule has 1 amide bonds. The summed E-state index contributed by atoms with van der Waals surface area (Å²) >= 11 is 0. The zero-order valence-corrected chi connectivity index (χ0v) is 10.8. The first-order valence-electron chi connectivity index (χ1n) is 5.81. The Balaban J connectivity index is 2.71. The van der Waals surface area contributed by atoms with Crippen LogP contribution in [0.3, 0.4) is 0 Å². The van der Waals surface area contributed by atoms with Gasteiger partial charge in [0.25, 0.3) is 0 Å². The molecular weight excluding hydrogens is 212 g/mol. The molecule has 0 aromatic heterocycles. The fraction of sp³-hybridized carbons (Fsp3) is 0.357. The van der Waals surface area contributed by atoms with E-state index in [1.54, 1.807) is 6.20 Å². The molecular formula is C14H20N2O. The van der Waals surface area contributed by atoms with E-state index in [0.29, 0.717) is 6.54 Å². The summed E-state index contributed by atoms with van der Waals surface area (Å²) in [6.45, 7) is 10.8. The Morgan fingerprint density at radius 2 is 2.00 bits per heavy atom. The van der Waals surface area contributed by atoms with Crippen molar-refractivity contribution in [3.63, 3.8) is 0 Å². The van der Waals surface area contributed by atoms with Crippen molar-refractivity contribution in [1.29, 1.82) is 0 Å². The number of aryl methyl sites for hydroxylation is 2. The second-order valence-electron chi connectivity index (χ2n) is 4.06. The third-order valence-corrected chi connectivity index (χ3v) is 2.76. The minimum atomic E-state index is -0.0100. The van der Waals surface area contributed by atoms with Crippen molar-refractivity contribution in [3.05, 3.63) is 42.1 Å². The van der Waals surface area contributed by atoms with E-state index in [9.17, 15) is 4.79 Å². The van der Waals surface area contributed by atoms with Crippen LogP contribution in [0.4, 0.5) is 5.69 Å². The summed E-state index contributed by atoms with van der Waals surface area (Å²) in [6, 6.07) is 5.98. The number of rotatable bonds is 5. The normalized spacial score (nSPS) is 9.82. The molecule has 0 aliphatic heterocycles. The molecule has 0 radical (unpaired) electrons. The van der Waals surface area contributed by atoms with Crippen molar-refractivity contribution in [1.82, 2.24) is 4.90 Å². The van der Waals surface area contributed by atoms with Crippen molar-refractivity contribution >= 4 is 11.6 Å². The van der Waals surface area contributed by atoms with Gasteiger partial charge >= 0.3 is 0 Å². The van der Waals surface area contributed by atoms with Crippen molar-refractivity contribution in [2.45, 2.75) is 20.8 Å². The van der Waals surface area contributed by atoms with Gasteiger partial charge in [-0.25, -0.2) is 0 Å². The number of anilines is 1. The number of hydrogen-bond donors (Lipinski definition) is 1. The monoisotopic (exact) mass is 232 g/mol. The van der Waals surface area contributed by atoms with Crippen LogP contribution in [0.15, 0.2) is 31.0 Å². The molecule has 1 rings (SSSR count). The molecule has 0 aliphatic carbocycles. The smallest absolute Gasteiger partial charge is 0.243 e. The quantitative estimate of drug-likeness (QED) is 0.846. The Morgan fingerprint density at radius 1 is 1.41 bits per heavy atom. The van der Waals surface area contributed by atoms with Crippen LogP contribution in [0.1, 0.15) is 18.1 Å². The van der Waals surface area contributed by atoms with E-state index in [1.165, 1.54) is 0 Å². The minimum absolute atomic E-state index is 0.0100. The van der Waals surface area contributed by atoms with Crippen LogP contribution in [0.25, 0.3) is 0 Å². The Hall–Kier alpha value is -1.77. The van der Waals surface area contributed by atoms with Gasteiger partial charge in [-0.3, -0.25) is 4.79 Å². The van der Waals surface area contributed by atoms with Gasteiger partial charge in [0.15, 0.2) is 0 Å². The van der Waals surface area contributed by atoms with Gasteiger partial charge in [-0.1, -0.05) is 24.8 Å². The van der Waals surface area contributed by atoms with E-state index in [0.717, 1.165) is 23.4 Å². The number of benzene rings is 1. The molecule has 0 saturated heterocycles. The summed E-state index contributed by atoms with van der Waals surface area (Å²) in [5.74, 6) is -0.0100. The molecule has 0 unspecified atom stereocenters. The molecule has 0 spiro atoms. The number of carbonyl (C=O) groups excluding carboxylic acids is 1. The number of nitrogens with zero attached hydrogens (tertiary/aromatic N) is 1. The fourth-order valence-corrected chi connectivity index (χ4v) is 1.68. The van der Waals surface area contributed by atoms with E-state index in [4.69, 9.17) is 0 Å². The van der Waals surface area contributed by atoms with Gasteiger partial charge in [-0.2, -0.15) is 0 Å². The molecule has 0 saturated carbocycles. The maximum atomic E-state index is 11.8. The van der Waals surface area contributed by atoms with E-state index < -0.39 is 0 Å². The standard InChI is InChI=1S/C14H20N2O/c1-5-16(6-2)10-13(17)15-14-11(3)8-7-9-12(14)4/h5,7-9H,1,6,10H2,2-4H3,(H,15,17). The van der Waals surface area contributed by atoms with Crippen LogP contribution in [0, 0.1) is 13.8 Å². The summed E-state index contributed by atoms with van der Waals surface area (Å²) in [4.78, 5) is 13.7. The maximum absolute atomic E-state index is 11.8. The number of amides is 1. The lowest BCUT2D eigenvalue weighted by atomic mass is 10.1. The Bertz CT molecular complexity index is 392. The first-order chi connectivity index (χ1) is 8.08. The van der Waals surface area contributed by atoms with Gasteiger partial charge in [0, 0.05) is 12.2 Å². The number of carbonyl (C=O) groups is 1. The van der Waals surface area contributed by atoms with Crippen LogP contribution in [0.2, 0.25) is 0 Å². The van der Waals surface area contributed by atoms with Crippen LogP contribution in [-0.2, 0) is 4.79 Å². The van der Waals surface area contributed by atoms with Gasteiger partial charge in [-0.05, 0) is 38.1 Å². The highest BCUT2D eigenvalue weighted by Gasteiger charge is 2.08. The number of likely N-dealkylation sites (N-methyl/N-ethyl adjacent to an activating group) is 1. The maximum Gasteiger partial charge on any atom is 0.243 e. The fourth-order valence-electron chi connectivity index (χ4n) is 1.68. The zero-order valence-electron chi connectivity index (χ0n) is 10.8. The lowest BCUT2D eigenvalue weighted by molar-refractivity contribution is -0.116. The average molecular weight is 232 g/mol. The van der Waals surface area contributed by atoms with Crippen molar-refractivity contribution in [2.24, 2.45) is 0 Å². The molecule has 3 heteroatoms. The Kier molecular flexibility index (Phi) is 4.76. The highest BCUT2D eigenvalue weighted by Crippen LogP contribution is 2.19. The largest absolute Gasteiger partial charge is 0.369 e. The number of hydrogen-bond acceptors (Lipinski definition) is 2. The molecule has 1 aromatic carbocycles. The van der Waals surface area contributed by atoms with E-state index in [-0.39, 0.29) is 5.91 Å². The first kappa shape index (κ1) is 13.3. The van der Waals surface area contributed by atoms with Crippen LogP contribution in [0.5, 0.6) is 0 Å². The molecule has 92 valence electrons. The second kappa shape index (κ2) is 6.09. The first-order valence-corrected chi connectivity index (χ1v) is 5.81. The molecule has 0 fully saturated rings. The summed E-state index contributed by atoms with van der Waals surface area (Å²) in [6.07, 6.45) is 1.68. The second-order valence-corrected chi connectivity index (χ2v) is 4.06. The topological polar surface area (TPSA) is 32.3 Å². The molecule has 3 nitrogen and oxygen atoms in total. The molecule has 1 aromatic rings. The van der Waals surface area contributed by atoms with Gasteiger partial charge in [0.2, 0.25) is 5.91 Å². The molecule has 0 heterocycles. The van der Waals surface area contributed by atoms with E-state index in [2.05, 4.69) is 11.9 Å². The Labute approximate surface area is 103 Å². The Morgan fingerprint density at radius 3 is 2.47 bits per heavy atom. The molecule has 0 bridgehead atoms. The third kappa shape index (κ3) is 3.63. The summed E-state index contributed by atoms with van der Waals surface area (Å²) < 4.78 is 0. The zero-order chi connectivity index (χ0) is 12.8. The van der Waals surface area contributed by atoms with Crippen molar-refractivity contribution in [3.8, 4) is 0 Å². The third-order valence-electron chi connectivity index (χ3n) is 2.76. The predicted octanol–water partition coefficient (Wildman–Crippen LogP) is 2.71. The van der Waals surface area contributed by atoms with Gasteiger partial charge in [0.05, 0.1) is 6.54 Å². The highest BCUT2D eigenvalue weighted by molar-refractivity contribution is 5.93. The molecule has 17 heavy (non-hydrogen) atoms. The van der Waals surface area contributed by atoms with Gasteiger partial charge in [-0.15, -0.1) is 0 Å². The lowest BCUT2D eigenvalue weighted by Crippen LogP contribution is -2.29. The molecule has 0 aliphatic rings. The predicted molar refractivity (Wildman–Crippen MR) is 72.0 cm³/mol. The average Bonchev–Trinajstić information content (AvgIpc) is 2.31. The lowest BCUT2D eigenvalue weighted by Gasteiger charge is -2.18. The van der Waals surface area contributed by atoms with Gasteiger partial charge < -0.3 is 10.2 Å². The van der Waals surface area contributed by atoms with Crippen molar-refractivity contribution < 1.29 is 4.79 Å². The van der Waals surface area contributed by atoms with Crippen LogP contribution < -0.4 is 5.32 Å². The summed E-state index contributed by atoms with van der Waals surface area (Å²) in [5, 5.41) is 2.95.